The van der Waals surface area contributed by atoms with Crippen LogP contribution < -0.4 is 0 Å². The topological polar surface area (TPSA) is 17.3 Å². The molecule has 0 unspecified atom stereocenters. The van der Waals surface area contributed by atoms with Gasteiger partial charge in [0, 0.05) is 18.0 Å². The van der Waals surface area contributed by atoms with Gasteiger partial charge in [-0.25, -0.2) is 4.98 Å². The summed E-state index contributed by atoms with van der Waals surface area (Å²) in [5, 5.41) is 0. The first-order chi connectivity index (χ1) is 8.22. The third-order valence-corrected chi connectivity index (χ3v) is 2.96. The van der Waals surface area contributed by atoms with Crippen LogP contribution >= 0.6 is 17.0 Å². The van der Waals surface area contributed by atoms with Crippen molar-refractivity contribution in [3.05, 3.63) is 59.9 Å². The van der Waals surface area contributed by atoms with Crippen LogP contribution in [0.4, 0.5) is 0 Å². The third kappa shape index (κ3) is 2.31. The summed E-state index contributed by atoms with van der Waals surface area (Å²) in [6.07, 6.45) is 4.12. The number of benzene rings is 1. The van der Waals surface area contributed by atoms with Gasteiger partial charge in [0.25, 0.3) is 0 Å². The van der Waals surface area contributed by atoms with Gasteiger partial charge in [0.05, 0.1) is 5.69 Å². The normalized spacial score (nSPS) is 10.3. The molecule has 0 aliphatic rings. The molecule has 0 aliphatic carbocycles. The van der Waals surface area contributed by atoms with Crippen molar-refractivity contribution in [2.75, 3.05) is 0 Å². The third-order valence-electron chi connectivity index (χ3n) is 2.96. The predicted molar refractivity (Wildman–Crippen MR) is 80.4 cm³/mol. The van der Waals surface area contributed by atoms with E-state index in [0.717, 1.165) is 16.9 Å². The van der Waals surface area contributed by atoms with Gasteiger partial charge in [0.15, 0.2) is 0 Å². The first-order valence-corrected chi connectivity index (χ1v) is 5.75. The van der Waals surface area contributed by atoms with Crippen LogP contribution in [0.5, 0.6) is 0 Å². The van der Waals surface area contributed by atoms with Crippen LogP contribution in [0.25, 0.3) is 16.9 Å². The second-order valence-electron chi connectivity index (χ2n) is 4.46. The minimum absolute atomic E-state index is 0. The largest absolute Gasteiger partial charge is 0.306 e. The maximum Gasteiger partial charge on any atom is 0.137 e. The summed E-state index contributed by atoms with van der Waals surface area (Å²) in [7, 11) is 0. The van der Waals surface area contributed by atoms with Crippen LogP contribution in [-0.4, -0.2) is 9.38 Å². The molecule has 0 N–H and O–H groups in total. The average Bonchev–Trinajstić information content (AvgIpc) is 2.72. The lowest BCUT2D eigenvalue weighted by atomic mass is 10.1. The van der Waals surface area contributed by atoms with E-state index in [1.54, 1.807) is 0 Å². The molecule has 0 saturated carbocycles. The number of pyridine rings is 1. The van der Waals surface area contributed by atoms with Crippen LogP contribution in [0.3, 0.4) is 0 Å². The molecule has 0 bridgehead atoms. The lowest BCUT2D eigenvalue weighted by Gasteiger charge is -1.96. The van der Waals surface area contributed by atoms with Gasteiger partial charge in [-0.1, -0.05) is 29.8 Å². The number of nitrogens with zero attached hydrogens (tertiary/aromatic N) is 2. The van der Waals surface area contributed by atoms with Gasteiger partial charge >= 0.3 is 0 Å². The Kier molecular flexibility index (Phi) is 3.53. The Labute approximate surface area is 117 Å². The van der Waals surface area contributed by atoms with E-state index in [1.807, 2.05) is 0 Å². The Morgan fingerprint density at radius 2 is 1.67 bits per heavy atom. The molecule has 0 atom stereocenters. The minimum Gasteiger partial charge on any atom is -0.306 e. The van der Waals surface area contributed by atoms with Crippen molar-refractivity contribution in [1.82, 2.24) is 9.38 Å². The molecule has 3 aromatic rings. The number of aromatic nitrogens is 2. The van der Waals surface area contributed by atoms with Crippen molar-refractivity contribution in [2.45, 2.75) is 13.8 Å². The van der Waals surface area contributed by atoms with Gasteiger partial charge in [-0.15, -0.1) is 17.0 Å². The number of hydrogen-bond acceptors (Lipinski definition) is 1. The summed E-state index contributed by atoms with van der Waals surface area (Å²) in [6, 6.07) is 12.6. The molecular weight excluding hydrogens is 288 g/mol. The standard InChI is InChI=1S/C15H14N2.BrH/c1-11-3-5-13(6-4-11)14-10-17-8-7-12(2)9-15(17)16-14;/h3-10H,1-2H3;1H. The Balaban J connectivity index is 0.00000120. The molecule has 2 nitrogen and oxygen atoms in total. The molecule has 0 radical (unpaired) electrons. The fourth-order valence-electron chi connectivity index (χ4n) is 1.95. The summed E-state index contributed by atoms with van der Waals surface area (Å²) in [6.45, 7) is 4.18. The quantitative estimate of drug-likeness (QED) is 0.658. The van der Waals surface area contributed by atoms with Crippen LogP contribution in [-0.2, 0) is 0 Å². The van der Waals surface area contributed by atoms with Crippen LogP contribution in [0.15, 0.2) is 48.8 Å². The second-order valence-corrected chi connectivity index (χ2v) is 4.46. The molecular formula is C15H15BrN2. The van der Waals surface area contributed by atoms with Crippen LogP contribution in [0.2, 0.25) is 0 Å². The maximum atomic E-state index is 4.64. The molecule has 92 valence electrons. The zero-order chi connectivity index (χ0) is 11.8. The first-order valence-electron chi connectivity index (χ1n) is 5.75. The highest BCUT2D eigenvalue weighted by molar-refractivity contribution is 8.93. The van der Waals surface area contributed by atoms with E-state index in [1.165, 1.54) is 11.1 Å². The van der Waals surface area contributed by atoms with Crippen molar-refractivity contribution in [1.29, 1.82) is 0 Å². The number of halogens is 1. The van der Waals surface area contributed by atoms with Gasteiger partial charge in [0.1, 0.15) is 5.65 Å². The minimum atomic E-state index is 0. The number of fused-ring (bicyclic) bond motifs is 1. The molecule has 0 spiro atoms. The van der Waals surface area contributed by atoms with Gasteiger partial charge in [-0.05, 0) is 31.5 Å². The van der Waals surface area contributed by atoms with Gasteiger partial charge in [0.2, 0.25) is 0 Å². The molecule has 0 fully saturated rings. The zero-order valence-corrected chi connectivity index (χ0v) is 12.1. The summed E-state index contributed by atoms with van der Waals surface area (Å²) < 4.78 is 2.06. The summed E-state index contributed by atoms with van der Waals surface area (Å²) in [5.41, 5.74) is 5.69. The van der Waals surface area contributed by atoms with E-state index in [4.69, 9.17) is 0 Å². The van der Waals surface area contributed by atoms with Crippen molar-refractivity contribution < 1.29 is 0 Å². The average molecular weight is 303 g/mol. The summed E-state index contributed by atoms with van der Waals surface area (Å²) in [4.78, 5) is 4.64. The smallest absolute Gasteiger partial charge is 0.137 e. The van der Waals surface area contributed by atoms with Crippen LogP contribution in [0, 0.1) is 13.8 Å². The van der Waals surface area contributed by atoms with Crippen molar-refractivity contribution in [2.24, 2.45) is 0 Å². The van der Waals surface area contributed by atoms with Crippen molar-refractivity contribution in [3.63, 3.8) is 0 Å². The number of hydrogen-bond donors (Lipinski definition) is 0. The van der Waals surface area contributed by atoms with E-state index in [2.05, 4.69) is 72.0 Å². The van der Waals surface area contributed by atoms with E-state index in [-0.39, 0.29) is 17.0 Å². The fraction of sp³-hybridized carbons (Fsp3) is 0.133. The Hall–Kier alpha value is -1.61. The Morgan fingerprint density at radius 3 is 2.39 bits per heavy atom. The highest BCUT2D eigenvalue weighted by Gasteiger charge is 2.03. The van der Waals surface area contributed by atoms with Gasteiger partial charge < -0.3 is 4.40 Å². The Morgan fingerprint density at radius 1 is 0.944 bits per heavy atom. The lowest BCUT2D eigenvalue weighted by Crippen LogP contribution is -1.81. The number of rotatable bonds is 1. The van der Waals surface area contributed by atoms with Gasteiger partial charge in [-0.3, -0.25) is 0 Å². The highest BCUT2D eigenvalue weighted by atomic mass is 79.9. The molecule has 3 heteroatoms. The molecule has 2 aromatic heterocycles. The van der Waals surface area contributed by atoms with Gasteiger partial charge in [-0.2, -0.15) is 0 Å². The fourth-order valence-corrected chi connectivity index (χ4v) is 1.95. The van der Waals surface area contributed by atoms with Crippen molar-refractivity contribution >= 4 is 22.6 Å². The summed E-state index contributed by atoms with van der Waals surface area (Å²) >= 11 is 0. The molecule has 0 saturated heterocycles. The molecule has 18 heavy (non-hydrogen) atoms. The Bertz CT molecular complexity index is 669. The monoisotopic (exact) mass is 302 g/mol. The SMILES string of the molecule is Br.Cc1ccc(-c2cn3ccc(C)cc3n2)cc1. The maximum absolute atomic E-state index is 4.64. The van der Waals surface area contributed by atoms with E-state index < -0.39 is 0 Å². The first kappa shape index (κ1) is 12.8. The lowest BCUT2D eigenvalue weighted by molar-refractivity contribution is 1.17. The highest BCUT2D eigenvalue weighted by Crippen LogP contribution is 2.19. The summed E-state index contributed by atoms with van der Waals surface area (Å²) in [5.74, 6) is 0. The number of imidazole rings is 1. The van der Waals surface area contributed by atoms with E-state index in [9.17, 15) is 0 Å². The predicted octanol–water partition coefficient (Wildman–Crippen LogP) is 4.20. The van der Waals surface area contributed by atoms with E-state index >= 15 is 0 Å². The molecule has 3 rings (SSSR count). The molecule has 0 aliphatic heterocycles. The van der Waals surface area contributed by atoms with Crippen molar-refractivity contribution in [3.8, 4) is 11.3 Å². The zero-order valence-electron chi connectivity index (χ0n) is 10.4. The number of aryl methyl sites for hydroxylation is 2. The molecule has 2 heterocycles. The second kappa shape index (κ2) is 4.94. The van der Waals surface area contributed by atoms with Crippen LogP contribution in [0.1, 0.15) is 11.1 Å². The molecule has 0 amide bonds. The van der Waals surface area contributed by atoms with E-state index in [0.29, 0.717) is 0 Å². The molecule has 1 aromatic carbocycles.